The Morgan fingerprint density at radius 1 is 1.50 bits per heavy atom. The summed E-state index contributed by atoms with van der Waals surface area (Å²) in [5, 5.41) is 18.8. The minimum Gasteiger partial charge on any atom is -0.481 e. The van der Waals surface area contributed by atoms with Gasteiger partial charge in [-0.15, -0.1) is 0 Å². The molecule has 0 saturated carbocycles. The molecule has 2 atom stereocenters. The highest BCUT2D eigenvalue weighted by Crippen LogP contribution is 2.37. The van der Waals surface area contributed by atoms with E-state index < -0.39 is 18.0 Å². The molecule has 0 bridgehead atoms. The Morgan fingerprint density at radius 2 is 2.25 bits per heavy atom. The number of carboxylic acid groups (broad SMARTS) is 1. The van der Waals surface area contributed by atoms with Crippen LogP contribution in [0.25, 0.3) is 5.57 Å². The number of aromatic nitrogens is 1. The van der Waals surface area contributed by atoms with Crippen molar-refractivity contribution in [2.45, 2.75) is 19.4 Å². The summed E-state index contributed by atoms with van der Waals surface area (Å²) >= 11 is 0. The molecule has 2 N–H and O–H groups in total. The van der Waals surface area contributed by atoms with Crippen molar-refractivity contribution < 1.29 is 15.0 Å². The van der Waals surface area contributed by atoms with Gasteiger partial charge in [0, 0.05) is 6.20 Å². The Labute approximate surface area is 93.3 Å². The molecule has 0 amide bonds. The number of allylic oxidation sites excluding steroid dienone is 1. The number of hydrogen-bond acceptors (Lipinski definition) is 3. The molecule has 16 heavy (non-hydrogen) atoms. The standard InChI is InChI=1S/C12H13NO3/c1-7-8(10-4-2-3-5-13-10)6-9(11(7)14)12(15)16/h2-5,9,11,14H,6H2,1H3,(H,15,16). The average Bonchev–Trinajstić information content (AvgIpc) is 2.58. The predicted octanol–water partition coefficient (Wildman–Crippen LogP) is 1.32. The van der Waals surface area contributed by atoms with Gasteiger partial charge in [0.1, 0.15) is 0 Å². The molecule has 0 aromatic carbocycles. The third kappa shape index (κ3) is 1.72. The molecule has 1 aromatic heterocycles. The zero-order valence-electron chi connectivity index (χ0n) is 8.92. The van der Waals surface area contributed by atoms with Gasteiger partial charge in [-0.3, -0.25) is 9.78 Å². The fourth-order valence-electron chi connectivity index (χ4n) is 2.04. The lowest BCUT2D eigenvalue weighted by atomic mass is 10.0. The van der Waals surface area contributed by atoms with E-state index in [4.69, 9.17) is 5.11 Å². The number of carbonyl (C=O) groups is 1. The van der Waals surface area contributed by atoms with Gasteiger partial charge in [0.05, 0.1) is 17.7 Å². The van der Waals surface area contributed by atoms with Crippen molar-refractivity contribution in [2.24, 2.45) is 5.92 Å². The quantitative estimate of drug-likeness (QED) is 0.787. The third-order valence-electron chi connectivity index (χ3n) is 3.02. The normalized spacial score (nSPS) is 24.9. The number of aliphatic hydroxyl groups is 1. The van der Waals surface area contributed by atoms with Crippen molar-refractivity contribution in [3.8, 4) is 0 Å². The Kier molecular flexibility index (Phi) is 2.75. The van der Waals surface area contributed by atoms with Gasteiger partial charge in [-0.05, 0) is 36.6 Å². The molecule has 0 fully saturated rings. The first kappa shape index (κ1) is 10.8. The maximum absolute atomic E-state index is 10.9. The van der Waals surface area contributed by atoms with Crippen LogP contribution in [0.15, 0.2) is 30.0 Å². The molecule has 4 nitrogen and oxygen atoms in total. The van der Waals surface area contributed by atoms with Crippen LogP contribution in [0.3, 0.4) is 0 Å². The first-order valence-electron chi connectivity index (χ1n) is 5.13. The summed E-state index contributed by atoms with van der Waals surface area (Å²) < 4.78 is 0. The Bertz CT molecular complexity index is 439. The van der Waals surface area contributed by atoms with Crippen LogP contribution in [0.2, 0.25) is 0 Å². The van der Waals surface area contributed by atoms with Crippen LogP contribution < -0.4 is 0 Å². The highest BCUT2D eigenvalue weighted by molar-refractivity contribution is 5.80. The largest absolute Gasteiger partial charge is 0.481 e. The molecule has 1 heterocycles. The molecule has 84 valence electrons. The van der Waals surface area contributed by atoms with Crippen molar-refractivity contribution in [3.63, 3.8) is 0 Å². The van der Waals surface area contributed by atoms with Crippen molar-refractivity contribution in [1.82, 2.24) is 4.98 Å². The zero-order chi connectivity index (χ0) is 11.7. The van der Waals surface area contributed by atoms with Gasteiger partial charge in [-0.1, -0.05) is 6.07 Å². The highest BCUT2D eigenvalue weighted by atomic mass is 16.4. The Hall–Kier alpha value is -1.68. The minimum absolute atomic E-state index is 0.347. The van der Waals surface area contributed by atoms with E-state index in [0.717, 1.165) is 11.3 Å². The smallest absolute Gasteiger partial charge is 0.309 e. The van der Waals surface area contributed by atoms with E-state index in [0.29, 0.717) is 12.0 Å². The SMILES string of the molecule is CC1=C(c2ccccn2)CC(C(=O)O)C1O. The van der Waals surface area contributed by atoms with E-state index in [1.807, 2.05) is 12.1 Å². The summed E-state index contributed by atoms with van der Waals surface area (Å²) in [7, 11) is 0. The summed E-state index contributed by atoms with van der Waals surface area (Å²) in [6, 6.07) is 5.48. The second-order valence-corrected chi connectivity index (χ2v) is 3.97. The molecule has 0 aliphatic heterocycles. The summed E-state index contributed by atoms with van der Waals surface area (Å²) in [4.78, 5) is 15.1. The highest BCUT2D eigenvalue weighted by Gasteiger charge is 2.36. The van der Waals surface area contributed by atoms with Gasteiger partial charge in [0.25, 0.3) is 0 Å². The molecule has 4 heteroatoms. The summed E-state index contributed by atoms with van der Waals surface area (Å²) in [6.07, 6.45) is 1.12. The molecule has 2 rings (SSSR count). The van der Waals surface area contributed by atoms with Crippen molar-refractivity contribution in [3.05, 3.63) is 35.7 Å². The fourth-order valence-corrected chi connectivity index (χ4v) is 2.04. The monoisotopic (exact) mass is 219 g/mol. The van der Waals surface area contributed by atoms with Gasteiger partial charge in [-0.25, -0.2) is 0 Å². The Morgan fingerprint density at radius 3 is 2.75 bits per heavy atom. The number of aliphatic carboxylic acids is 1. The number of carboxylic acids is 1. The Balaban J connectivity index is 2.34. The predicted molar refractivity (Wildman–Crippen MR) is 58.6 cm³/mol. The van der Waals surface area contributed by atoms with E-state index >= 15 is 0 Å². The summed E-state index contributed by atoms with van der Waals surface area (Å²) in [5.74, 6) is -1.70. The minimum atomic E-state index is -0.960. The molecule has 2 unspecified atom stereocenters. The lowest BCUT2D eigenvalue weighted by Crippen LogP contribution is -2.24. The average molecular weight is 219 g/mol. The van der Waals surface area contributed by atoms with Crippen LogP contribution in [0.5, 0.6) is 0 Å². The molecular formula is C12H13NO3. The molecular weight excluding hydrogens is 206 g/mol. The second kappa shape index (κ2) is 4.06. The van der Waals surface area contributed by atoms with E-state index in [9.17, 15) is 9.90 Å². The summed E-state index contributed by atoms with van der Waals surface area (Å²) in [6.45, 7) is 1.76. The maximum atomic E-state index is 10.9. The number of aliphatic hydroxyl groups excluding tert-OH is 1. The first-order chi connectivity index (χ1) is 7.61. The van der Waals surface area contributed by atoms with Gasteiger partial charge < -0.3 is 10.2 Å². The van der Waals surface area contributed by atoms with E-state index in [-0.39, 0.29) is 0 Å². The lowest BCUT2D eigenvalue weighted by Gasteiger charge is -2.09. The number of hydrogen-bond donors (Lipinski definition) is 2. The van der Waals surface area contributed by atoms with Crippen LogP contribution in [0.4, 0.5) is 0 Å². The number of pyridine rings is 1. The summed E-state index contributed by atoms with van der Waals surface area (Å²) in [5.41, 5.74) is 2.31. The number of nitrogens with zero attached hydrogens (tertiary/aromatic N) is 1. The van der Waals surface area contributed by atoms with Gasteiger partial charge >= 0.3 is 5.97 Å². The van der Waals surface area contributed by atoms with Crippen LogP contribution in [0, 0.1) is 5.92 Å². The van der Waals surface area contributed by atoms with Crippen molar-refractivity contribution in [1.29, 1.82) is 0 Å². The van der Waals surface area contributed by atoms with E-state index in [1.54, 1.807) is 19.2 Å². The third-order valence-corrected chi connectivity index (χ3v) is 3.02. The molecule has 1 aliphatic rings. The van der Waals surface area contributed by atoms with Crippen LogP contribution in [-0.2, 0) is 4.79 Å². The van der Waals surface area contributed by atoms with Gasteiger partial charge in [-0.2, -0.15) is 0 Å². The zero-order valence-corrected chi connectivity index (χ0v) is 8.92. The fraction of sp³-hybridized carbons (Fsp3) is 0.333. The molecule has 1 aliphatic carbocycles. The topological polar surface area (TPSA) is 70.4 Å². The van der Waals surface area contributed by atoms with Crippen LogP contribution >= 0.6 is 0 Å². The van der Waals surface area contributed by atoms with Crippen LogP contribution in [-0.4, -0.2) is 27.3 Å². The number of rotatable bonds is 2. The maximum Gasteiger partial charge on any atom is 0.309 e. The van der Waals surface area contributed by atoms with Gasteiger partial charge in [0.2, 0.25) is 0 Å². The molecule has 1 aromatic rings. The lowest BCUT2D eigenvalue weighted by molar-refractivity contribution is -0.144. The molecule has 0 spiro atoms. The molecule has 0 saturated heterocycles. The van der Waals surface area contributed by atoms with Gasteiger partial charge in [0.15, 0.2) is 0 Å². The van der Waals surface area contributed by atoms with E-state index in [1.165, 1.54) is 0 Å². The second-order valence-electron chi connectivity index (χ2n) is 3.97. The van der Waals surface area contributed by atoms with Crippen molar-refractivity contribution >= 4 is 11.5 Å². The first-order valence-corrected chi connectivity index (χ1v) is 5.13. The van der Waals surface area contributed by atoms with E-state index in [2.05, 4.69) is 4.98 Å². The molecule has 0 radical (unpaired) electrons. The van der Waals surface area contributed by atoms with Crippen LogP contribution in [0.1, 0.15) is 19.0 Å². The van der Waals surface area contributed by atoms with Crippen molar-refractivity contribution in [2.75, 3.05) is 0 Å².